The lowest BCUT2D eigenvalue weighted by Gasteiger charge is -2.31. The minimum Gasteiger partial charge on any atom is -0.313 e. The van der Waals surface area contributed by atoms with Crippen LogP contribution in [0, 0.1) is 0 Å². The van der Waals surface area contributed by atoms with Crippen molar-refractivity contribution in [2.24, 2.45) is 5.16 Å². The molecule has 2 saturated heterocycles. The third kappa shape index (κ3) is 2.76. The number of hydrogen-bond donors (Lipinski definition) is 0. The number of oxime groups is 1. The highest BCUT2D eigenvalue weighted by molar-refractivity contribution is 9.10. The Balaban J connectivity index is 1.64. The number of halogens is 1. The predicted octanol–water partition coefficient (Wildman–Crippen LogP) is 2.61. The average molecular weight is 338 g/mol. The van der Waals surface area contributed by atoms with Gasteiger partial charge in [-0.15, -0.1) is 0 Å². The number of rotatable bonds is 2. The Morgan fingerprint density at radius 2 is 2.10 bits per heavy atom. The molecule has 2 aliphatic heterocycles. The van der Waals surface area contributed by atoms with Crippen molar-refractivity contribution in [1.29, 1.82) is 0 Å². The maximum atomic E-state index is 11.9. The van der Waals surface area contributed by atoms with E-state index in [0.717, 1.165) is 23.0 Å². The topological polar surface area (TPSA) is 54.8 Å². The Hall–Kier alpha value is -1.27. The molecule has 0 aliphatic carbocycles. The normalized spacial score (nSPS) is 25.6. The van der Waals surface area contributed by atoms with Crippen molar-refractivity contribution in [3.8, 4) is 0 Å². The zero-order valence-electron chi connectivity index (χ0n) is 11.3. The van der Waals surface area contributed by atoms with Crippen molar-refractivity contribution >= 4 is 27.6 Å². The summed E-state index contributed by atoms with van der Waals surface area (Å²) in [5.41, 5.74) is 1.39. The first-order valence-corrected chi connectivity index (χ1v) is 7.52. The molecule has 0 amide bonds. The van der Waals surface area contributed by atoms with Crippen molar-refractivity contribution in [3.05, 3.63) is 28.5 Å². The molecular formula is C14H16BrN3O2. The van der Waals surface area contributed by atoms with E-state index >= 15 is 0 Å². The number of fused-ring (bicyclic) bond motifs is 2. The monoisotopic (exact) mass is 337 g/mol. The van der Waals surface area contributed by atoms with Gasteiger partial charge >= 0.3 is 5.97 Å². The second-order valence-corrected chi connectivity index (χ2v) is 6.30. The Labute approximate surface area is 126 Å². The number of carbonyl (C=O) groups is 1. The molecule has 2 unspecified atom stereocenters. The lowest BCUT2D eigenvalue weighted by Crippen LogP contribution is -2.40. The molecule has 20 heavy (non-hydrogen) atoms. The highest BCUT2D eigenvalue weighted by atomic mass is 79.9. The lowest BCUT2D eigenvalue weighted by atomic mass is 10.0. The van der Waals surface area contributed by atoms with Gasteiger partial charge in [0.15, 0.2) is 0 Å². The highest BCUT2D eigenvalue weighted by Crippen LogP contribution is 2.32. The molecule has 1 aromatic rings. The molecule has 2 fully saturated rings. The van der Waals surface area contributed by atoms with Crippen LogP contribution in [-0.4, -0.2) is 40.7 Å². The number of carbonyl (C=O) groups excluding carboxylic acids is 1. The van der Waals surface area contributed by atoms with E-state index in [1.807, 2.05) is 0 Å². The summed E-state index contributed by atoms with van der Waals surface area (Å²) in [4.78, 5) is 23.3. The van der Waals surface area contributed by atoms with Crippen LogP contribution >= 0.6 is 15.9 Å². The van der Waals surface area contributed by atoms with Crippen molar-refractivity contribution in [2.75, 3.05) is 7.05 Å². The van der Waals surface area contributed by atoms with Crippen molar-refractivity contribution in [2.45, 2.75) is 37.8 Å². The van der Waals surface area contributed by atoms with E-state index in [0.29, 0.717) is 17.6 Å². The summed E-state index contributed by atoms with van der Waals surface area (Å²) in [7, 11) is 2.16. The van der Waals surface area contributed by atoms with Crippen LogP contribution in [0.4, 0.5) is 0 Å². The third-order valence-corrected chi connectivity index (χ3v) is 4.56. The fourth-order valence-electron chi connectivity index (χ4n) is 2.97. The maximum Gasteiger partial charge on any atom is 0.367 e. The van der Waals surface area contributed by atoms with Crippen LogP contribution in [0.1, 0.15) is 36.0 Å². The molecule has 106 valence electrons. The fourth-order valence-corrected chi connectivity index (χ4v) is 3.33. The van der Waals surface area contributed by atoms with Gasteiger partial charge in [0.05, 0.1) is 11.3 Å². The predicted molar refractivity (Wildman–Crippen MR) is 78.6 cm³/mol. The second kappa shape index (κ2) is 5.61. The first-order chi connectivity index (χ1) is 9.63. The van der Waals surface area contributed by atoms with Gasteiger partial charge < -0.3 is 4.84 Å². The van der Waals surface area contributed by atoms with Crippen LogP contribution < -0.4 is 0 Å². The van der Waals surface area contributed by atoms with Gasteiger partial charge in [-0.05, 0) is 41.9 Å². The van der Waals surface area contributed by atoms with Crippen LogP contribution in [0.2, 0.25) is 0 Å². The van der Waals surface area contributed by atoms with Gasteiger partial charge in [0, 0.05) is 41.8 Å². The van der Waals surface area contributed by atoms with Gasteiger partial charge in [0.1, 0.15) is 0 Å². The Kier molecular flexibility index (Phi) is 3.85. The Bertz CT molecular complexity index is 545. The first-order valence-electron chi connectivity index (χ1n) is 6.73. The highest BCUT2D eigenvalue weighted by Gasteiger charge is 2.36. The molecule has 0 spiro atoms. The first kappa shape index (κ1) is 13.7. The largest absolute Gasteiger partial charge is 0.367 e. The van der Waals surface area contributed by atoms with Gasteiger partial charge in [-0.3, -0.25) is 9.88 Å². The zero-order valence-corrected chi connectivity index (χ0v) is 12.8. The van der Waals surface area contributed by atoms with Crippen molar-refractivity contribution in [1.82, 2.24) is 9.88 Å². The van der Waals surface area contributed by atoms with Crippen LogP contribution in [0.5, 0.6) is 0 Å². The van der Waals surface area contributed by atoms with E-state index < -0.39 is 5.97 Å². The molecule has 2 aliphatic rings. The van der Waals surface area contributed by atoms with E-state index in [1.165, 1.54) is 19.0 Å². The summed E-state index contributed by atoms with van der Waals surface area (Å²) in [5.74, 6) is -0.461. The van der Waals surface area contributed by atoms with Crippen LogP contribution in [0.3, 0.4) is 0 Å². The minimum absolute atomic E-state index is 0.402. The molecule has 0 aromatic carbocycles. The van der Waals surface area contributed by atoms with Crippen molar-refractivity contribution in [3.63, 3.8) is 0 Å². The molecule has 5 nitrogen and oxygen atoms in total. The number of pyridine rings is 1. The summed E-state index contributed by atoms with van der Waals surface area (Å²) in [6.45, 7) is 0. The fraction of sp³-hybridized carbons (Fsp3) is 0.500. The molecule has 0 saturated carbocycles. The minimum atomic E-state index is -0.461. The molecule has 2 bridgehead atoms. The molecule has 6 heteroatoms. The summed E-state index contributed by atoms with van der Waals surface area (Å²) in [5, 5.41) is 4.06. The second-order valence-electron chi connectivity index (χ2n) is 5.39. The van der Waals surface area contributed by atoms with Gasteiger partial charge in [-0.2, -0.15) is 0 Å². The SMILES string of the molecule is CN1C2CCC1CC(=NOC(=O)c1cncc(Br)c1)C2. The van der Waals surface area contributed by atoms with Crippen molar-refractivity contribution < 1.29 is 9.63 Å². The molecule has 3 rings (SSSR count). The summed E-state index contributed by atoms with van der Waals surface area (Å²) in [6.07, 6.45) is 7.32. The van der Waals surface area contributed by atoms with E-state index in [9.17, 15) is 4.79 Å². The van der Waals surface area contributed by atoms with Gasteiger partial charge in [0.25, 0.3) is 0 Å². The Morgan fingerprint density at radius 1 is 1.40 bits per heavy atom. The molecule has 0 N–H and O–H groups in total. The zero-order chi connectivity index (χ0) is 14.1. The summed E-state index contributed by atoms with van der Waals surface area (Å²) >= 11 is 3.28. The number of hydrogen-bond acceptors (Lipinski definition) is 5. The number of aromatic nitrogens is 1. The quantitative estimate of drug-likeness (QED) is 0.614. The van der Waals surface area contributed by atoms with E-state index in [1.54, 1.807) is 12.3 Å². The number of piperidine rings is 1. The standard InChI is InChI=1S/C14H16BrN3O2/c1-18-12-2-3-13(18)6-11(5-12)17-20-14(19)9-4-10(15)8-16-7-9/h4,7-8,12-13H,2-3,5-6H2,1H3. The lowest BCUT2D eigenvalue weighted by molar-refractivity contribution is 0.0510. The van der Waals surface area contributed by atoms with Crippen LogP contribution in [-0.2, 0) is 4.84 Å². The molecular weight excluding hydrogens is 322 g/mol. The van der Waals surface area contributed by atoms with E-state index in [4.69, 9.17) is 4.84 Å². The van der Waals surface area contributed by atoms with Gasteiger partial charge in [-0.25, -0.2) is 4.79 Å². The van der Waals surface area contributed by atoms with E-state index in [-0.39, 0.29) is 0 Å². The number of nitrogens with zero attached hydrogens (tertiary/aromatic N) is 3. The van der Waals surface area contributed by atoms with E-state index in [2.05, 4.69) is 38.0 Å². The summed E-state index contributed by atoms with van der Waals surface area (Å²) in [6, 6.07) is 2.78. The molecule has 1 aromatic heterocycles. The maximum absolute atomic E-state index is 11.9. The van der Waals surface area contributed by atoms with Crippen LogP contribution in [0.15, 0.2) is 28.1 Å². The average Bonchev–Trinajstić information content (AvgIpc) is 2.66. The van der Waals surface area contributed by atoms with Gasteiger partial charge in [-0.1, -0.05) is 5.16 Å². The smallest absolute Gasteiger partial charge is 0.313 e. The molecule has 0 radical (unpaired) electrons. The summed E-state index contributed by atoms with van der Waals surface area (Å²) < 4.78 is 0.747. The third-order valence-electron chi connectivity index (χ3n) is 4.13. The molecule has 3 heterocycles. The Morgan fingerprint density at radius 3 is 2.75 bits per heavy atom. The van der Waals surface area contributed by atoms with Gasteiger partial charge in [0.2, 0.25) is 0 Å². The molecule has 2 atom stereocenters. The van der Waals surface area contributed by atoms with Crippen LogP contribution in [0.25, 0.3) is 0 Å².